The van der Waals surface area contributed by atoms with E-state index >= 15 is 0 Å². The lowest BCUT2D eigenvalue weighted by molar-refractivity contribution is 0.0698. The van der Waals surface area contributed by atoms with E-state index in [0.717, 1.165) is 36.5 Å². The first kappa shape index (κ1) is 22.4. The second-order valence-corrected chi connectivity index (χ2v) is 7.93. The number of carbonyl (C=O) groups excluding carboxylic acids is 1. The highest BCUT2D eigenvalue weighted by atomic mass is 16.5. The third kappa shape index (κ3) is 5.90. The van der Waals surface area contributed by atoms with E-state index in [-0.39, 0.29) is 11.6 Å². The molecule has 0 spiro atoms. The van der Waals surface area contributed by atoms with Gasteiger partial charge in [-0.05, 0) is 23.8 Å². The van der Waals surface area contributed by atoms with E-state index in [1.165, 1.54) is 6.07 Å². The zero-order chi connectivity index (χ0) is 23.0. The number of anilines is 1. The topological polar surface area (TPSA) is 82.1 Å². The summed E-state index contributed by atoms with van der Waals surface area (Å²) >= 11 is 0. The highest BCUT2D eigenvalue weighted by Crippen LogP contribution is 2.22. The molecule has 1 aliphatic heterocycles. The van der Waals surface area contributed by atoms with Crippen molar-refractivity contribution in [3.63, 3.8) is 0 Å². The molecule has 0 atom stereocenters. The first-order valence-corrected chi connectivity index (χ1v) is 11.0. The van der Waals surface area contributed by atoms with Gasteiger partial charge in [-0.1, -0.05) is 60.7 Å². The predicted octanol–water partition coefficient (Wildman–Crippen LogP) is 4.31. The standard InChI is InChI=1S/C26H27N3O4/c30-25(31)22-11-5-6-12-23(22)27-26(32)29-16-14-28(15-17-29)18-21-10-4-7-13-24(21)33-19-20-8-2-1-3-9-20/h1-13H,14-19H2,(H,27,32)(H,30,31). The number of ether oxygens (including phenoxy) is 1. The van der Waals surface area contributed by atoms with Crippen LogP contribution in [0.15, 0.2) is 78.9 Å². The smallest absolute Gasteiger partial charge is 0.337 e. The number of amides is 2. The Balaban J connectivity index is 1.31. The van der Waals surface area contributed by atoms with Crippen LogP contribution in [0.4, 0.5) is 10.5 Å². The van der Waals surface area contributed by atoms with E-state index < -0.39 is 5.97 Å². The fourth-order valence-electron chi connectivity index (χ4n) is 3.83. The van der Waals surface area contributed by atoms with Crippen LogP contribution in [0.1, 0.15) is 21.5 Å². The fraction of sp³-hybridized carbons (Fsp3) is 0.231. The van der Waals surface area contributed by atoms with Crippen molar-refractivity contribution in [2.45, 2.75) is 13.2 Å². The van der Waals surface area contributed by atoms with Crippen LogP contribution < -0.4 is 10.1 Å². The number of para-hydroxylation sites is 2. The molecule has 0 radical (unpaired) electrons. The zero-order valence-corrected chi connectivity index (χ0v) is 18.3. The summed E-state index contributed by atoms with van der Waals surface area (Å²) in [5, 5.41) is 12.0. The monoisotopic (exact) mass is 445 g/mol. The Morgan fingerprint density at radius 1 is 0.848 bits per heavy atom. The van der Waals surface area contributed by atoms with Crippen molar-refractivity contribution in [3.05, 3.63) is 95.6 Å². The Morgan fingerprint density at radius 2 is 1.52 bits per heavy atom. The molecule has 33 heavy (non-hydrogen) atoms. The fourth-order valence-corrected chi connectivity index (χ4v) is 3.83. The minimum atomic E-state index is -1.07. The van der Waals surface area contributed by atoms with Gasteiger partial charge in [-0.2, -0.15) is 0 Å². The summed E-state index contributed by atoms with van der Waals surface area (Å²) in [7, 11) is 0. The van der Waals surface area contributed by atoms with E-state index in [2.05, 4.69) is 16.3 Å². The quantitative estimate of drug-likeness (QED) is 0.566. The van der Waals surface area contributed by atoms with Crippen LogP contribution in [0.25, 0.3) is 0 Å². The van der Waals surface area contributed by atoms with Crippen molar-refractivity contribution in [2.75, 3.05) is 31.5 Å². The second-order valence-electron chi connectivity index (χ2n) is 7.93. The van der Waals surface area contributed by atoms with Gasteiger partial charge in [-0.15, -0.1) is 0 Å². The lowest BCUT2D eigenvalue weighted by Crippen LogP contribution is -2.49. The van der Waals surface area contributed by atoms with Crippen molar-refractivity contribution < 1.29 is 19.4 Å². The maximum Gasteiger partial charge on any atom is 0.337 e. The lowest BCUT2D eigenvalue weighted by Gasteiger charge is -2.35. The molecule has 1 aliphatic rings. The molecule has 3 aromatic carbocycles. The number of aromatic carboxylic acids is 1. The Bertz CT molecular complexity index is 1100. The maximum atomic E-state index is 12.7. The molecule has 1 saturated heterocycles. The molecule has 3 aromatic rings. The first-order valence-electron chi connectivity index (χ1n) is 11.0. The summed E-state index contributed by atoms with van der Waals surface area (Å²) in [6, 6.07) is 24.3. The molecule has 1 heterocycles. The number of rotatable bonds is 7. The molecule has 7 heteroatoms. The van der Waals surface area contributed by atoms with Gasteiger partial charge in [0.1, 0.15) is 12.4 Å². The van der Waals surface area contributed by atoms with E-state index in [1.807, 2.05) is 48.5 Å². The van der Waals surface area contributed by atoms with Crippen LogP contribution in [-0.4, -0.2) is 53.1 Å². The van der Waals surface area contributed by atoms with Gasteiger partial charge in [-0.25, -0.2) is 9.59 Å². The molecule has 2 amide bonds. The second kappa shape index (κ2) is 10.7. The van der Waals surface area contributed by atoms with Crippen LogP contribution in [0.2, 0.25) is 0 Å². The molecule has 4 rings (SSSR count). The number of urea groups is 1. The normalized spacial score (nSPS) is 14.0. The number of nitrogens with one attached hydrogen (secondary N) is 1. The SMILES string of the molecule is O=C(O)c1ccccc1NC(=O)N1CCN(Cc2ccccc2OCc2ccccc2)CC1. The van der Waals surface area contributed by atoms with Gasteiger partial charge in [0, 0.05) is 38.3 Å². The number of hydrogen-bond acceptors (Lipinski definition) is 4. The lowest BCUT2D eigenvalue weighted by atomic mass is 10.1. The summed E-state index contributed by atoms with van der Waals surface area (Å²) in [5.74, 6) is -0.198. The summed E-state index contributed by atoms with van der Waals surface area (Å²) in [5.41, 5.74) is 2.62. The first-order chi connectivity index (χ1) is 16.1. The Labute approximate surface area is 193 Å². The number of carbonyl (C=O) groups is 2. The van der Waals surface area contributed by atoms with Crippen molar-refractivity contribution in [2.24, 2.45) is 0 Å². The van der Waals surface area contributed by atoms with E-state index in [0.29, 0.717) is 25.4 Å². The number of carboxylic acids is 1. The van der Waals surface area contributed by atoms with Gasteiger partial charge in [0.25, 0.3) is 0 Å². The van der Waals surface area contributed by atoms with Gasteiger partial charge < -0.3 is 20.1 Å². The van der Waals surface area contributed by atoms with Gasteiger partial charge in [0.2, 0.25) is 0 Å². The van der Waals surface area contributed by atoms with Crippen molar-refractivity contribution >= 4 is 17.7 Å². The van der Waals surface area contributed by atoms with Crippen LogP contribution in [0, 0.1) is 0 Å². The molecule has 2 N–H and O–H groups in total. The van der Waals surface area contributed by atoms with Crippen molar-refractivity contribution in [3.8, 4) is 5.75 Å². The molecule has 0 unspecified atom stereocenters. The zero-order valence-electron chi connectivity index (χ0n) is 18.3. The number of piperazine rings is 1. The van der Waals surface area contributed by atoms with Crippen molar-refractivity contribution in [1.29, 1.82) is 0 Å². The highest BCUT2D eigenvalue weighted by Gasteiger charge is 2.23. The predicted molar refractivity (Wildman–Crippen MR) is 126 cm³/mol. The Kier molecular flexibility index (Phi) is 7.22. The Morgan fingerprint density at radius 3 is 2.27 bits per heavy atom. The van der Waals surface area contributed by atoms with Gasteiger partial charge >= 0.3 is 12.0 Å². The van der Waals surface area contributed by atoms with Gasteiger partial charge in [0.15, 0.2) is 0 Å². The molecule has 0 saturated carbocycles. The van der Waals surface area contributed by atoms with Crippen LogP contribution in [0.5, 0.6) is 5.75 Å². The summed E-state index contributed by atoms with van der Waals surface area (Å²) in [4.78, 5) is 28.0. The van der Waals surface area contributed by atoms with Crippen LogP contribution >= 0.6 is 0 Å². The molecule has 170 valence electrons. The summed E-state index contributed by atoms with van der Waals surface area (Å²) < 4.78 is 6.07. The summed E-state index contributed by atoms with van der Waals surface area (Å²) in [6.45, 7) is 3.83. The average Bonchev–Trinajstić information content (AvgIpc) is 2.85. The third-order valence-electron chi connectivity index (χ3n) is 5.66. The highest BCUT2D eigenvalue weighted by molar-refractivity contribution is 6.00. The number of nitrogens with zero attached hydrogens (tertiary/aromatic N) is 2. The minimum absolute atomic E-state index is 0.0802. The van der Waals surface area contributed by atoms with E-state index in [4.69, 9.17) is 4.74 Å². The number of carboxylic acid groups (broad SMARTS) is 1. The number of benzene rings is 3. The largest absolute Gasteiger partial charge is 0.489 e. The van der Waals surface area contributed by atoms with Crippen molar-refractivity contribution in [1.82, 2.24) is 9.80 Å². The molecule has 0 aliphatic carbocycles. The average molecular weight is 446 g/mol. The van der Waals surface area contributed by atoms with E-state index in [9.17, 15) is 14.7 Å². The maximum absolute atomic E-state index is 12.7. The molecular weight excluding hydrogens is 418 g/mol. The summed E-state index contributed by atoms with van der Waals surface area (Å²) in [6.07, 6.45) is 0. The van der Waals surface area contributed by atoms with Crippen LogP contribution in [-0.2, 0) is 13.2 Å². The van der Waals surface area contributed by atoms with Crippen LogP contribution in [0.3, 0.4) is 0 Å². The molecule has 0 aromatic heterocycles. The molecular formula is C26H27N3O4. The molecule has 0 bridgehead atoms. The van der Waals surface area contributed by atoms with E-state index in [1.54, 1.807) is 23.1 Å². The third-order valence-corrected chi connectivity index (χ3v) is 5.66. The molecule has 7 nitrogen and oxygen atoms in total. The molecule has 1 fully saturated rings. The van der Waals surface area contributed by atoms with Gasteiger partial charge in [0.05, 0.1) is 11.3 Å². The Hall–Kier alpha value is -3.84. The number of hydrogen-bond donors (Lipinski definition) is 2. The van der Waals surface area contributed by atoms with Gasteiger partial charge in [-0.3, -0.25) is 4.90 Å². The minimum Gasteiger partial charge on any atom is -0.489 e.